The highest BCUT2D eigenvalue weighted by Gasteiger charge is 2.14. The molecule has 0 aliphatic heterocycles. The standard InChI is InChI=1S/C17H16BrN3O4S/c1-20(10-16(22)19-15-5-3-2-4-14(15)18)17(23)11-26-13-8-6-12(7-9-13)21(24)25/h2-9H,10-11H2,1H3,(H,19,22). The van der Waals surface area contributed by atoms with Crippen molar-refractivity contribution in [3.63, 3.8) is 0 Å². The Hall–Kier alpha value is -2.39. The number of carbonyl (C=O) groups is 2. The number of anilines is 1. The number of nitro groups is 1. The van der Waals surface area contributed by atoms with Gasteiger partial charge in [-0.3, -0.25) is 19.7 Å². The van der Waals surface area contributed by atoms with E-state index >= 15 is 0 Å². The van der Waals surface area contributed by atoms with Crippen LogP contribution in [0.4, 0.5) is 11.4 Å². The molecule has 0 saturated carbocycles. The maximum atomic E-state index is 12.2. The second-order valence-electron chi connectivity index (χ2n) is 5.32. The van der Waals surface area contributed by atoms with Crippen molar-refractivity contribution < 1.29 is 14.5 Å². The van der Waals surface area contributed by atoms with Gasteiger partial charge >= 0.3 is 0 Å². The van der Waals surface area contributed by atoms with Crippen molar-refractivity contribution in [3.05, 3.63) is 63.1 Å². The molecule has 0 unspecified atom stereocenters. The lowest BCUT2D eigenvalue weighted by molar-refractivity contribution is -0.384. The quantitative estimate of drug-likeness (QED) is 0.406. The zero-order chi connectivity index (χ0) is 19.1. The summed E-state index contributed by atoms with van der Waals surface area (Å²) in [5, 5.41) is 13.4. The van der Waals surface area contributed by atoms with Gasteiger partial charge in [-0.05, 0) is 40.2 Å². The number of halogens is 1. The summed E-state index contributed by atoms with van der Waals surface area (Å²) < 4.78 is 0.760. The number of thioether (sulfide) groups is 1. The summed E-state index contributed by atoms with van der Waals surface area (Å²) in [5.74, 6) is -0.375. The van der Waals surface area contributed by atoms with Crippen LogP contribution in [0.15, 0.2) is 57.9 Å². The number of hydrogen-bond acceptors (Lipinski definition) is 5. The van der Waals surface area contributed by atoms with Crippen LogP contribution in [0, 0.1) is 10.1 Å². The SMILES string of the molecule is CN(CC(=O)Nc1ccccc1Br)C(=O)CSc1ccc([N+](=O)[O-])cc1. The van der Waals surface area contributed by atoms with Crippen LogP contribution in [0.25, 0.3) is 0 Å². The van der Waals surface area contributed by atoms with Crippen LogP contribution in [0.1, 0.15) is 0 Å². The van der Waals surface area contributed by atoms with Gasteiger partial charge in [0.2, 0.25) is 11.8 Å². The maximum Gasteiger partial charge on any atom is 0.269 e. The van der Waals surface area contributed by atoms with E-state index in [1.54, 1.807) is 31.3 Å². The van der Waals surface area contributed by atoms with E-state index in [-0.39, 0.29) is 29.8 Å². The molecule has 0 saturated heterocycles. The molecule has 136 valence electrons. The number of hydrogen-bond donors (Lipinski definition) is 1. The van der Waals surface area contributed by atoms with E-state index in [0.717, 1.165) is 9.37 Å². The molecule has 2 rings (SSSR count). The first-order chi connectivity index (χ1) is 12.4. The van der Waals surface area contributed by atoms with Gasteiger partial charge in [-0.2, -0.15) is 0 Å². The van der Waals surface area contributed by atoms with Crippen LogP contribution in [-0.2, 0) is 9.59 Å². The van der Waals surface area contributed by atoms with Crippen LogP contribution in [0.3, 0.4) is 0 Å². The average Bonchev–Trinajstić information content (AvgIpc) is 2.61. The van der Waals surface area contributed by atoms with E-state index in [4.69, 9.17) is 0 Å². The van der Waals surface area contributed by atoms with E-state index in [9.17, 15) is 19.7 Å². The number of nitrogens with zero attached hydrogens (tertiary/aromatic N) is 2. The largest absolute Gasteiger partial charge is 0.336 e. The Morgan fingerprint density at radius 2 is 1.85 bits per heavy atom. The minimum atomic E-state index is -0.475. The lowest BCUT2D eigenvalue weighted by Crippen LogP contribution is -2.36. The Kier molecular flexibility index (Phi) is 7.16. The molecule has 0 aliphatic carbocycles. The van der Waals surface area contributed by atoms with Crippen molar-refractivity contribution in [3.8, 4) is 0 Å². The maximum absolute atomic E-state index is 12.2. The van der Waals surface area contributed by atoms with Crippen molar-refractivity contribution >= 4 is 50.9 Å². The predicted molar refractivity (Wildman–Crippen MR) is 104 cm³/mol. The van der Waals surface area contributed by atoms with Gasteiger partial charge in [0.1, 0.15) is 0 Å². The molecular weight excluding hydrogens is 422 g/mol. The third kappa shape index (κ3) is 5.85. The first-order valence-electron chi connectivity index (χ1n) is 7.52. The second kappa shape index (κ2) is 9.35. The van der Waals surface area contributed by atoms with Gasteiger partial charge in [0.15, 0.2) is 0 Å². The van der Waals surface area contributed by atoms with E-state index in [2.05, 4.69) is 21.2 Å². The Morgan fingerprint density at radius 1 is 1.19 bits per heavy atom. The van der Waals surface area contributed by atoms with Crippen molar-refractivity contribution in [1.82, 2.24) is 4.90 Å². The number of likely N-dealkylation sites (N-methyl/N-ethyl adjacent to an activating group) is 1. The lowest BCUT2D eigenvalue weighted by Gasteiger charge is -2.17. The molecule has 2 amide bonds. The van der Waals surface area contributed by atoms with Crippen LogP contribution in [0.5, 0.6) is 0 Å². The summed E-state index contributed by atoms with van der Waals surface area (Å²) >= 11 is 4.60. The molecule has 0 atom stereocenters. The first kappa shape index (κ1) is 19.9. The molecular formula is C17H16BrN3O4S. The van der Waals surface area contributed by atoms with E-state index in [1.165, 1.54) is 28.8 Å². The topological polar surface area (TPSA) is 92.6 Å². The number of para-hydroxylation sites is 1. The van der Waals surface area contributed by atoms with E-state index < -0.39 is 4.92 Å². The minimum absolute atomic E-state index is 0.00142. The molecule has 0 aromatic heterocycles. The lowest BCUT2D eigenvalue weighted by atomic mass is 10.3. The normalized spacial score (nSPS) is 10.2. The minimum Gasteiger partial charge on any atom is -0.336 e. The van der Waals surface area contributed by atoms with E-state index in [1.807, 2.05) is 12.1 Å². The molecule has 26 heavy (non-hydrogen) atoms. The molecule has 0 heterocycles. The van der Waals surface area contributed by atoms with Crippen molar-refractivity contribution in [2.45, 2.75) is 4.90 Å². The summed E-state index contributed by atoms with van der Waals surface area (Å²) in [5.41, 5.74) is 0.639. The van der Waals surface area contributed by atoms with Gasteiger partial charge in [0.05, 0.1) is 22.9 Å². The number of nitro benzene ring substituents is 1. The van der Waals surface area contributed by atoms with Gasteiger partial charge in [0, 0.05) is 28.5 Å². The summed E-state index contributed by atoms with van der Waals surface area (Å²) in [6, 6.07) is 13.2. The van der Waals surface area contributed by atoms with Gasteiger partial charge in [-0.25, -0.2) is 0 Å². The molecule has 0 bridgehead atoms. The Labute approximate surface area is 163 Å². The third-order valence-electron chi connectivity index (χ3n) is 3.36. The third-order valence-corrected chi connectivity index (χ3v) is 5.05. The van der Waals surface area contributed by atoms with Crippen molar-refractivity contribution in [1.29, 1.82) is 0 Å². The zero-order valence-corrected chi connectivity index (χ0v) is 16.2. The average molecular weight is 438 g/mol. The Morgan fingerprint density at radius 3 is 2.46 bits per heavy atom. The summed E-state index contributed by atoms with van der Waals surface area (Å²) in [6.45, 7) is -0.0685. The molecule has 0 radical (unpaired) electrons. The highest BCUT2D eigenvalue weighted by atomic mass is 79.9. The summed E-state index contributed by atoms with van der Waals surface area (Å²) in [6.07, 6.45) is 0. The number of non-ortho nitro benzene ring substituents is 1. The molecule has 2 aromatic rings. The second-order valence-corrected chi connectivity index (χ2v) is 7.22. The van der Waals surface area contributed by atoms with Crippen LogP contribution >= 0.6 is 27.7 Å². The zero-order valence-electron chi connectivity index (χ0n) is 13.8. The van der Waals surface area contributed by atoms with E-state index in [0.29, 0.717) is 5.69 Å². The molecule has 2 aromatic carbocycles. The Balaban J connectivity index is 1.82. The molecule has 9 heteroatoms. The van der Waals surface area contributed by atoms with Gasteiger partial charge in [0.25, 0.3) is 5.69 Å². The number of amides is 2. The number of benzene rings is 2. The number of carbonyl (C=O) groups excluding carboxylic acids is 2. The van der Waals surface area contributed by atoms with Crippen LogP contribution in [0.2, 0.25) is 0 Å². The molecule has 0 fully saturated rings. The fourth-order valence-corrected chi connectivity index (χ4v) is 3.20. The van der Waals surface area contributed by atoms with Gasteiger partial charge < -0.3 is 10.2 Å². The highest BCUT2D eigenvalue weighted by molar-refractivity contribution is 9.10. The number of rotatable bonds is 7. The van der Waals surface area contributed by atoms with Crippen LogP contribution in [-0.4, -0.2) is 41.0 Å². The summed E-state index contributed by atoms with van der Waals surface area (Å²) in [4.78, 5) is 36.4. The first-order valence-corrected chi connectivity index (χ1v) is 9.30. The molecule has 0 aliphatic rings. The predicted octanol–water partition coefficient (Wildman–Crippen LogP) is 3.55. The summed E-state index contributed by atoms with van der Waals surface area (Å²) in [7, 11) is 1.55. The fraction of sp³-hybridized carbons (Fsp3) is 0.176. The highest BCUT2D eigenvalue weighted by Crippen LogP contribution is 2.22. The Bertz CT molecular complexity index is 814. The van der Waals surface area contributed by atoms with Crippen molar-refractivity contribution in [2.75, 3.05) is 24.7 Å². The van der Waals surface area contributed by atoms with Crippen LogP contribution < -0.4 is 5.32 Å². The monoisotopic (exact) mass is 437 g/mol. The molecule has 7 nitrogen and oxygen atoms in total. The van der Waals surface area contributed by atoms with Crippen molar-refractivity contribution in [2.24, 2.45) is 0 Å². The van der Waals surface area contributed by atoms with Gasteiger partial charge in [-0.15, -0.1) is 11.8 Å². The smallest absolute Gasteiger partial charge is 0.269 e. The molecule has 1 N–H and O–H groups in total. The molecule has 0 spiro atoms. The fourth-order valence-electron chi connectivity index (χ4n) is 1.98. The van der Waals surface area contributed by atoms with Gasteiger partial charge in [-0.1, -0.05) is 12.1 Å². The number of nitrogens with one attached hydrogen (secondary N) is 1.